The van der Waals surface area contributed by atoms with Gasteiger partial charge in [0.2, 0.25) is 0 Å². The summed E-state index contributed by atoms with van der Waals surface area (Å²) in [6, 6.07) is 10.8. The van der Waals surface area contributed by atoms with Crippen molar-refractivity contribution in [2.24, 2.45) is 17.8 Å². The zero-order chi connectivity index (χ0) is 11.0. The lowest BCUT2D eigenvalue weighted by Gasteiger charge is -2.40. The van der Waals surface area contributed by atoms with Crippen molar-refractivity contribution in [1.29, 1.82) is 0 Å². The number of halogens is 1. The summed E-state index contributed by atoms with van der Waals surface area (Å²) in [5, 5.41) is 0. The molecule has 0 amide bonds. The summed E-state index contributed by atoms with van der Waals surface area (Å²) >= 11 is 2.54. The van der Waals surface area contributed by atoms with Crippen LogP contribution in [0.3, 0.4) is 0 Å². The van der Waals surface area contributed by atoms with Gasteiger partial charge in [-0.2, -0.15) is 0 Å². The fraction of sp³-hybridized carbons (Fsp3) is 0.571. The van der Waals surface area contributed by atoms with Gasteiger partial charge in [0, 0.05) is 24.1 Å². The van der Waals surface area contributed by atoms with Gasteiger partial charge in [0.1, 0.15) is 0 Å². The predicted octanol–water partition coefficient (Wildman–Crippen LogP) is 3.19. The molecule has 0 radical (unpaired) electrons. The lowest BCUT2D eigenvalue weighted by atomic mass is 9.93. The lowest BCUT2D eigenvalue weighted by molar-refractivity contribution is 0.0747. The van der Waals surface area contributed by atoms with Gasteiger partial charge in [-0.25, -0.2) is 0 Å². The summed E-state index contributed by atoms with van der Waals surface area (Å²) in [6.45, 7) is 3.83. The van der Waals surface area contributed by atoms with Gasteiger partial charge in [-0.15, -0.1) is 0 Å². The van der Waals surface area contributed by atoms with E-state index in [1.54, 1.807) is 0 Å². The molecule has 0 bridgehead atoms. The molecule has 2 unspecified atom stereocenters. The Morgan fingerprint density at radius 2 is 1.94 bits per heavy atom. The zero-order valence-corrected chi connectivity index (χ0v) is 11.6. The van der Waals surface area contributed by atoms with Crippen LogP contribution in [0.25, 0.3) is 0 Å². The molecule has 0 spiro atoms. The molecule has 2 fully saturated rings. The van der Waals surface area contributed by atoms with Crippen LogP contribution in [-0.2, 0) is 6.54 Å². The van der Waals surface area contributed by atoms with E-state index >= 15 is 0 Å². The largest absolute Gasteiger partial charge is 0.298 e. The molecule has 2 atom stereocenters. The fourth-order valence-electron chi connectivity index (χ4n) is 2.88. The van der Waals surface area contributed by atoms with Crippen molar-refractivity contribution in [2.45, 2.75) is 13.0 Å². The molecule has 1 heterocycles. The molecule has 2 aliphatic rings. The van der Waals surface area contributed by atoms with Crippen molar-refractivity contribution >= 4 is 22.6 Å². The van der Waals surface area contributed by atoms with E-state index in [4.69, 9.17) is 0 Å². The van der Waals surface area contributed by atoms with Crippen molar-refractivity contribution < 1.29 is 0 Å². The first kappa shape index (κ1) is 11.0. The van der Waals surface area contributed by atoms with Crippen LogP contribution in [0.15, 0.2) is 30.3 Å². The Morgan fingerprint density at radius 1 is 1.19 bits per heavy atom. The van der Waals surface area contributed by atoms with E-state index in [1.807, 2.05) is 0 Å². The third-order valence-electron chi connectivity index (χ3n) is 4.02. The summed E-state index contributed by atoms with van der Waals surface area (Å²) in [6.07, 6.45) is 1.51. The van der Waals surface area contributed by atoms with Crippen LogP contribution >= 0.6 is 22.6 Å². The Morgan fingerprint density at radius 3 is 2.56 bits per heavy atom. The lowest BCUT2D eigenvalue weighted by Crippen LogP contribution is -2.47. The molecule has 3 rings (SSSR count). The second kappa shape index (κ2) is 4.65. The maximum atomic E-state index is 2.59. The third kappa shape index (κ3) is 2.28. The number of rotatable bonds is 4. The Bertz CT molecular complexity index is 345. The topological polar surface area (TPSA) is 3.24 Å². The van der Waals surface area contributed by atoms with E-state index in [2.05, 4.69) is 57.8 Å². The van der Waals surface area contributed by atoms with E-state index in [-0.39, 0.29) is 0 Å². The van der Waals surface area contributed by atoms with Gasteiger partial charge in [-0.1, -0.05) is 52.9 Å². The molecule has 0 aromatic heterocycles. The SMILES string of the molecule is ICC1CC1C1CN(Cc2ccccc2)C1. The van der Waals surface area contributed by atoms with Crippen molar-refractivity contribution in [2.75, 3.05) is 17.5 Å². The van der Waals surface area contributed by atoms with Crippen LogP contribution < -0.4 is 0 Å². The highest BCUT2D eigenvalue weighted by Gasteiger charge is 2.46. The fourth-order valence-corrected chi connectivity index (χ4v) is 3.89. The first-order valence-corrected chi connectivity index (χ1v) is 7.71. The normalized spacial score (nSPS) is 30.1. The molecule has 1 saturated carbocycles. The summed E-state index contributed by atoms with van der Waals surface area (Å²) < 4.78 is 1.37. The summed E-state index contributed by atoms with van der Waals surface area (Å²) in [7, 11) is 0. The molecule has 0 N–H and O–H groups in total. The van der Waals surface area contributed by atoms with Gasteiger partial charge in [0.15, 0.2) is 0 Å². The highest BCUT2D eigenvalue weighted by Crippen LogP contribution is 2.48. The number of benzene rings is 1. The summed E-state index contributed by atoms with van der Waals surface area (Å²) in [5.41, 5.74) is 1.46. The Hall–Kier alpha value is -0.0900. The maximum Gasteiger partial charge on any atom is 0.0233 e. The van der Waals surface area contributed by atoms with E-state index in [0.717, 1.165) is 24.3 Å². The summed E-state index contributed by atoms with van der Waals surface area (Å²) in [5.74, 6) is 3.15. The molecule has 2 heteroatoms. The highest BCUT2D eigenvalue weighted by molar-refractivity contribution is 14.1. The number of hydrogen-bond acceptors (Lipinski definition) is 1. The van der Waals surface area contributed by atoms with Crippen molar-refractivity contribution in [3.63, 3.8) is 0 Å². The number of hydrogen-bond donors (Lipinski definition) is 0. The number of nitrogens with zero attached hydrogens (tertiary/aromatic N) is 1. The molecule has 1 nitrogen and oxygen atoms in total. The van der Waals surface area contributed by atoms with Gasteiger partial charge in [0.05, 0.1) is 0 Å². The second-order valence-electron chi connectivity index (χ2n) is 5.25. The molecule has 1 aliphatic carbocycles. The molecule has 1 aliphatic heterocycles. The monoisotopic (exact) mass is 327 g/mol. The number of alkyl halides is 1. The van der Waals surface area contributed by atoms with E-state index < -0.39 is 0 Å². The van der Waals surface area contributed by atoms with Gasteiger partial charge >= 0.3 is 0 Å². The molecular weight excluding hydrogens is 309 g/mol. The van der Waals surface area contributed by atoms with E-state index in [9.17, 15) is 0 Å². The van der Waals surface area contributed by atoms with Crippen molar-refractivity contribution in [1.82, 2.24) is 4.90 Å². The standard InChI is InChI=1S/C14H18IN/c15-7-12-6-14(12)13-9-16(10-13)8-11-4-2-1-3-5-11/h1-5,12-14H,6-10H2. The number of likely N-dealkylation sites (tertiary alicyclic amines) is 1. The molecule has 1 aromatic rings. The highest BCUT2D eigenvalue weighted by atomic mass is 127. The Balaban J connectivity index is 1.45. The van der Waals surface area contributed by atoms with Crippen LogP contribution in [0.4, 0.5) is 0 Å². The minimum atomic E-state index is 1.02. The first-order chi connectivity index (χ1) is 7.86. The zero-order valence-electron chi connectivity index (χ0n) is 9.48. The molecule has 86 valence electrons. The van der Waals surface area contributed by atoms with Gasteiger partial charge in [0.25, 0.3) is 0 Å². The summed E-state index contributed by atoms with van der Waals surface area (Å²) in [4.78, 5) is 2.59. The Kier molecular flexibility index (Phi) is 3.20. The van der Waals surface area contributed by atoms with Crippen LogP contribution in [0.5, 0.6) is 0 Å². The van der Waals surface area contributed by atoms with Gasteiger partial charge < -0.3 is 0 Å². The van der Waals surface area contributed by atoms with Crippen LogP contribution in [-0.4, -0.2) is 22.4 Å². The van der Waals surface area contributed by atoms with Crippen molar-refractivity contribution in [3.8, 4) is 0 Å². The van der Waals surface area contributed by atoms with E-state index in [1.165, 1.54) is 29.5 Å². The third-order valence-corrected chi connectivity index (χ3v) is 5.15. The van der Waals surface area contributed by atoms with Crippen LogP contribution in [0.1, 0.15) is 12.0 Å². The average Bonchev–Trinajstić information content (AvgIpc) is 3.03. The molecule has 1 saturated heterocycles. The molecular formula is C14H18IN. The molecule has 1 aromatic carbocycles. The van der Waals surface area contributed by atoms with Crippen LogP contribution in [0.2, 0.25) is 0 Å². The second-order valence-corrected chi connectivity index (χ2v) is 6.13. The van der Waals surface area contributed by atoms with Gasteiger partial charge in [-0.3, -0.25) is 4.90 Å². The Labute approximate surface area is 111 Å². The van der Waals surface area contributed by atoms with E-state index in [0.29, 0.717) is 0 Å². The first-order valence-electron chi connectivity index (χ1n) is 6.19. The quantitative estimate of drug-likeness (QED) is 0.606. The molecule has 16 heavy (non-hydrogen) atoms. The maximum absolute atomic E-state index is 2.59. The predicted molar refractivity (Wildman–Crippen MR) is 75.7 cm³/mol. The minimum absolute atomic E-state index is 1.02. The van der Waals surface area contributed by atoms with Crippen molar-refractivity contribution in [3.05, 3.63) is 35.9 Å². The minimum Gasteiger partial charge on any atom is -0.298 e. The van der Waals surface area contributed by atoms with Gasteiger partial charge in [-0.05, 0) is 29.7 Å². The average molecular weight is 327 g/mol. The van der Waals surface area contributed by atoms with Crippen LogP contribution in [0, 0.1) is 17.8 Å². The smallest absolute Gasteiger partial charge is 0.0233 e.